The predicted molar refractivity (Wildman–Crippen MR) is 60.6 cm³/mol. The van der Waals surface area contributed by atoms with Crippen molar-refractivity contribution in [2.24, 2.45) is 5.73 Å². The molecule has 0 heterocycles. The fourth-order valence-corrected chi connectivity index (χ4v) is 2.77. The maximum atomic E-state index is 6.09. The second-order valence-electron chi connectivity index (χ2n) is 3.64. The minimum Gasteiger partial charge on any atom is -0.496 e. The van der Waals surface area contributed by atoms with Crippen LogP contribution in [0.15, 0.2) is 16.6 Å². The molecule has 1 aromatic rings. The third kappa shape index (κ3) is 1.55. The second-order valence-corrected chi connectivity index (χ2v) is 4.49. The summed E-state index contributed by atoms with van der Waals surface area (Å²) >= 11 is 3.55. The molecule has 1 aliphatic rings. The van der Waals surface area contributed by atoms with Gasteiger partial charge in [0.1, 0.15) is 5.75 Å². The van der Waals surface area contributed by atoms with Crippen LogP contribution in [0.1, 0.15) is 30.0 Å². The molecule has 1 atom stereocenters. The lowest BCUT2D eigenvalue weighted by Crippen LogP contribution is -2.18. The van der Waals surface area contributed by atoms with E-state index in [9.17, 15) is 0 Å². The van der Waals surface area contributed by atoms with Crippen LogP contribution in [-0.2, 0) is 6.42 Å². The zero-order chi connectivity index (χ0) is 10.1. The molecule has 2 rings (SSSR count). The standard InChI is InChI=1S/C11H14BrNO/c1-14-10-6-5-8(12)11-7(10)3-2-4-9(11)13/h5-6,9H,2-4,13H2,1H3/t9-/m0/s1. The van der Waals surface area contributed by atoms with E-state index in [-0.39, 0.29) is 6.04 Å². The highest BCUT2D eigenvalue weighted by atomic mass is 79.9. The van der Waals surface area contributed by atoms with Gasteiger partial charge in [-0.3, -0.25) is 0 Å². The highest BCUT2D eigenvalue weighted by Gasteiger charge is 2.22. The molecule has 0 spiro atoms. The van der Waals surface area contributed by atoms with Gasteiger partial charge in [0, 0.05) is 10.5 Å². The lowest BCUT2D eigenvalue weighted by Gasteiger charge is -2.25. The topological polar surface area (TPSA) is 35.2 Å². The summed E-state index contributed by atoms with van der Waals surface area (Å²) in [6, 6.07) is 4.17. The van der Waals surface area contributed by atoms with E-state index in [0.29, 0.717) is 0 Å². The summed E-state index contributed by atoms with van der Waals surface area (Å²) in [5, 5.41) is 0. The Kier molecular flexibility index (Phi) is 2.79. The molecule has 0 fully saturated rings. The quantitative estimate of drug-likeness (QED) is 0.838. The monoisotopic (exact) mass is 255 g/mol. The van der Waals surface area contributed by atoms with Crippen LogP contribution >= 0.6 is 15.9 Å². The fraction of sp³-hybridized carbons (Fsp3) is 0.455. The van der Waals surface area contributed by atoms with E-state index in [2.05, 4.69) is 15.9 Å². The van der Waals surface area contributed by atoms with Gasteiger partial charge in [0.25, 0.3) is 0 Å². The molecule has 0 aliphatic heterocycles. The Morgan fingerprint density at radius 1 is 1.50 bits per heavy atom. The molecule has 14 heavy (non-hydrogen) atoms. The summed E-state index contributed by atoms with van der Waals surface area (Å²) in [6.45, 7) is 0. The first kappa shape index (κ1) is 9.99. The Labute approximate surface area is 92.6 Å². The Morgan fingerprint density at radius 3 is 3.00 bits per heavy atom. The van der Waals surface area contributed by atoms with Crippen LogP contribution < -0.4 is 10.5 Å². The first-order chi connectivity index (χ1) is 6.74. The molecular formula is C11H14BrNO. The van der Waals surface area contributed by atoms with E-state index in [1.165, 1.54) is 11.1 Å². The number of benzene rings is 1. The van der Waals surface area contributed by atoms with E-state index < -0.39 is 0 Å². The van der Waals surface area contributed by atoms with Crippen LogP contribution in [0.4, 0.5) is 0 Å². The summed E-state index contributed by atoms with van der Waals surface area (Å²) in [5.74, 6) is 0.971. The van der Waals surface area contributed by atoms with Gasteiger partial charge in [0.2, 0.25) is 0 Å². The Hall–Kier alpha value is -0.540. The number of nitrogens with two attached hydrogens (primary N) is 1. The summed E-state index contributed by atoms with van der Waals surface area (Å²) in [6.07, 6.45) is 3.30. The highest BCUT2D eigenvalue weighted by molar-refractivity contribution is 9.10. The van der Waals surface area contributed by atoms with Crippen molar-refractivity contribution >= 4 is 15.9 Å². The number of halogens is 1. The SMILES string of the molecule is COc1ccc(Br)c2c1CCC[C@@H]2N. The van der Waals surface area contributed by atoms with Gasteiger partial charge in [-0.1, -0.05) is 15.9 Å². The van der Waals surface area contributed by atoms with Gasteiger partial charge in [-0.15, -0.1) is 0 Å². The molecular weight excluding hydrogens is 242 g/mol. The van der Waals surface area contributed by atoms with Crippen LogP contribution in [0.5, 0.6) is 5.75 Å². The molecule has 2 nitrogen and oxygen atoms in total. The smallest absolute Gasteiger partial charge is 0.122 e. The number of fused-ring (bicyclic) bond motifs is 1. The molecule has 0 bridgehead atoms. The first-order valence-electron chi connectivity index (χ1n) is 4.85. The van der Waals surface area contributed by atoms with Crippen molar-refractivity contribution in [2.75, 3.05) is 7.11 Å². The van der Waals surface area contributed by atoms with Gasteiger partial charge in [-0.05, 0) is 42.5 Å². The zero-order valence-electron chi connectivity index (χ0n) is 8.22. The average molecular weight is 256 g/mol. The molecule has 3 heteroatoms. The molecule has 1 aliphatic carbocycles. The van der Waals surface area contributed by atoms with Crippen molar-refractivity contribution in [3.63, 3.8) is 0 Å². The normalized spacial score (nSPS) is 20.4. The van der Waals surface area contributed by atoms with Crippen molar-refractivity contribution in [1.29, 1.82) is 0 Å². The third-order valence-corrected chi connectivity index (χ3v) is 3.48. The molecule has 0 aromatic heterocycles. The Balaban J connectivity index is 2.57. The van der Waals surface area contributed by atoms with Gasteiger partial charge in [-0.25, -0.2) is 0 Å². The second kappa shape index (κ2) is 3.91. The van der Waals surface area contributed by atoms with Gasteiger partial charge < -0.3 is 10.5 Å². The lowest BCUT2D eigenvalue weighted by atomic mass is 9.87. The number of hydrogen-bond acceptors (Lipinski definition) is 2. The van der Waals surface area contributed by atoms with E-state index >= 15 is 0 Å². The number of ether oxygens (including phenoxy) is 1. The highest BCUT2D eigenvalue weighted by Crippen LogP contribution is 2.38. The molecule has 0 amide bonds. The van der Waals surface area contributed by atoms with Crippen LogP contribution in [0, 0.1) is 0 Å². The summed E-state index contributed by atoms with van der Waals surface area (Å²) in [4.78, 5) is 0. The lowest BCUT2D eigenvalue weighted by molar-refractivity contribution is 0.403. The van der Waals surface area contributed by atoms with Gasteiger partial charge in [0.15, 0.2) is 0 Å². The number of rotatable bonds is 1. The molecule has 76 valence electrons. The number of hydrogen-bond donors (Lipinski definition) is 1. The van der Waals surface area contributed by atoms with Crippen molar-refractivity contribution in [3.8, 4) is 5.75 Å². The molecule has 2 N–H and O–H groups in total. The van der Waals surface area contributed by atoms with Crippen LogP contribution in [-0.4, -0.2) is 7.11 Å². The van der Waals surface area contributed by atoms with Crippen molar-refractivity contribution < 1.29 is 4.74 Å². The maximum Gasteiger partial charge on any atom is 0.122 e. The largest absolute Gasteiger partial charge is 0.496 e. The van der Waals surface area contributed by atoms with Crippen LogP contribution in [0.25, 0.3) is 0 Å². The summed E-state index contributed by atoms with van der Waals surface area (Å²) in [5.41, 5.74) is 8.60. The molecule has 0 saturated heterocycles. The van der Waals surface area contributed by atoms with Gasteiger partial charge >= 0.3 is 0 Å². The van der Waals surface area contributed by atoms with Crippen LogP contribution in [0.2, 0.25) is 0 Å². The van der Waals surface area contributed by atoms with Gasteiger partial charge in [-0.2, -0.15) is 0 Å². The molecule has 1 aromatic carbocycles. The molecule has 0 radical (unpaired) electrons. The van der Waals surface area contributed by atoms with Crippen molar-refractivity contribution in [3.05, 3.63) is 27.7 Å². The van der Waals surface area contributed by atoms with E-state index in [0.717, 1.165) is 29.5 Å². The maximum absolute atomic E-state index is 6.09. The minimum atomic E-state index is 0.156. The minimum absolute atomic E-state index is 0.156. The third-order valence-electron chi connectivity index (χ3n) is 2.79. The molecule has 0 saturated carbocycles. The summed E-state index contributed by atoms with van der Waals surface area (Å²) < 4.78 is 6.45. The predicted octanol–water partition coefficient (Wildman–Crippen LogP) is 2.79. The first-order valence-corrected chi connectivity index (χ1v) is 5.64. The average Bonchev–Trinajstić information content (AvgIpc) is 2.18. The van der Waals surface area contributed by atoms with Crippen molar-refractivity contribution in [1.82, 2.24) is 0 Å². The van der Waals surface area contributed by atoms with Gasteiger partial charge in [0.05, 0.1) is 7.11 Å². The zero-order valence-corrected chi connectivity index (χ0v) is 9.80. The van der Waals surface area contributed by atoms with E-state index in [4.69, 9.17) is 10.5 Å². The van der Waals surface area contributed by atoms with E-state index in [1.807, 2.05) is 12.1 Å². The van der Waals surface area contributed by atoms with E-state index in [1.54, 1.807) is 7.11 Å². The Bertz CT molecular complexity index is 351. The fourth-order valence-electron chi connectivity index (χ4n) is 2.11. The molecule has 0 unspecified atom stereocenters. The Morgan fingerprint density at radius 2 is 2.29 bits per heavy atom. The van der Waals surface area contributed by atoms with Crippen LogP contribution in [0.3, 0.4) is 0 Å². The summed E-state index contributed by atoms with van der Waals surface area (Å²) in [7, 11) is 1.71. The number of methoxy groups -OCH3 is 1. The van der Waals surface area contributed by atoms with Crippen molar-refractivity contribution in [2.45, 2.75) is 25.3 Å².